The number of hydrogen-bond donors (Lipinski definition) is 1. The van der Waals surface area contributed by atoms with Crippen LogP contribution in [0.4, 0.5) is 0 Å². The first kappa shape index (κ1) is 22.0. The third-order valence-electron chi connectivity index (χ3n) is 5.89. The molecule has 1 aliphatic carbocycles. The van der Waals surface area contributed by atoms with Crippen LogP contribution in [0, 0.1) is 18.8 Å². The quantitative estimate of drug-likeness (QED) is 0.644. The van der Waals surface area contributed by atoms with Gasteiger partial charge in [0, 0.05) is 30.2 Å². The van der Waals surface area contributed by atoms with Gasteiger partial charge in [-0.25, -0.2) is 9.97 Å². The van der Waals surface area contributed by atoms with Gasteiger partial charge in [0.25, 0.3) is 5.91 Å². The third kappa shape index (κ3) is 4.83. The van der Waals surface area contributed by atoms with E-state index in [1.54, 1.807) is 30.6 Å². The number of aryl methyl sites for hydroxylation is 1. The van der Waals surface area contributed by atoms with E-state index in [1.807, 2.05) is 24.0 Å². The maximum absolute atomic E-state index is 13.7. The molecule has 0 aromatic carbocycles. The van der Waals surface area contributed by atoms with Crippen molar-refractivity contribution < 1.29 is 9.53 Å². The molecule has 166 valence electrons. The molecule has 1 amide bonds. The SMILES string of the molecule is C=C(N=C/C=C\N)c1ccc(C)nc1C(=O)N1C[C@@H]2C[C@@H]2C[C@H]1COc1ncccc1Cl. The second-order valence-corrected chi connectivity index (χ2v) is 8.57. The molecule has 1 saturated heterocycles. The Morgan fingerprint density at radius 2 is 2.22 bits per heavy atom. The van der Waals surface area contributed by atoms with E-state index in [-0.39, 0.29) is 11.9 Å². The van der Waals surface area contributed by atoms with Gasteiger partial charge in [0.1, 0.15) is 17.3 Å². The number of aliphatic imine (C=N–C) groups is 1. The van der Waals surface area contributed by atoms with Crippen LogP contribution in [-0.2, 0) is 0 Å². The highest BCUT2D eigenvalue weighted by Gasteiger charge is 2.47. The Hall–Kier alpha value is -3.19. The van der Waals surface area contributed by atoms with Crippen molar-refractivity contribution in [3.63, 3.8) is 0 Å². The fraction of sp³-hybridized carbons (Fsp3) is 0.333. The van der Waals surface area contributed by atoms with Gasteiger partial charge >= 0.3 is 0 Å². The molecule has 0 unspecified atom stereocenters. The van der Waals surface area contributed by atoms with E-state index in [0.717, 1.165) is 18.5 Å². The van der Waals surface area contributed by atoms with Crippen LogP contribution < -0.4 is 10.5 Å². The lowest BCUT2D eigenvalue weighted by Crippen LogP contribution is -2.48. The van der Waals surface area contributed by atoms with Crippen LogP contribution in [0.1, 0.15) is 34.6 Å². The van der Waals surface area contributed by atoms with Crippen molar-refractivity contribution >= 4 is 29.4 Å². The fourth-order valence-corrected chi connectivity index (χ4v) is 4.28. The minimum absolute atomic E-state index is 0.0866. The fourth-order valence-electron chi connectivity index (χ4n) is 4.10. The van der Waals surface area contributed by atoms with Crippen LogP contribution in [0.3, 0.4) is 0 Å². The number of amides is 1. The molecule has 7 nitrogen and oxygen atoms in total. The van der Waals surface area contributed by atoms with E-state index < -0.39 is 0 Å². The molecule has 1 saturated carbocycles. The number of halogens is 1. The summed E-state index contributed by atoms with van der Waals surface area (Å²) in [6.45, 7) is 6.89. The molecule has 4 rings (SSSR count). The average molecular weight is 452 g/mol. The summed E-state index contributed by atoms with van der Waals surface area (Å²) in [5.41, 5.74) is 7.52. The number of nitrogens with zero attached hydrogens (tertiary/aromatic N) is 4. The van der Waals surface area contributed by atoms with E-state index in [4.69, 9.17) is 22.1 Å². The van der Waals surface area contributed by atoms with E-state index >= 15 is 0 Å². The summed E-state index contributed by atoms with van der Waals surface area (Å²) >= 11 is 6.19. The molecule has 2 aliphatic rings. The largest absolute Gasteiger partial charge is 0.474 e. The number of likely N-dealkylation sites (tertiary alicyclic amines) is 1. The Kier molecular flexibility index (Phi) is 6.55. The van der Waals surface area contributed by atoms with Crippen molar-refractivity contribution in [1.82, 2.24) is 14.9 Å². The Morgan fingerprint density at radius 3 is 3.00 bits per heavy atom. The lowest BCUT2D eigenvalue weighted by molar-refractivity contribution is 0.0502. The maximum Gasteiger partial charge on any atom is 0.273 e. The summed E-state index contributed by atoms with van der Waals surface area (Å²) in [6.07, 6.45) is 8.19. The van der Waals surface area contributed by atoms with Crippen molar-refractivity contribution in [2.75, 3.05) is 13.2 Å². The van der Waals surface area contributed by atoms with E-state index in [1.165, 1.54) is 6.20 Å². The first-order valence-corrected chi connectivity index (χ1v) is 11.0. The maximum atomic E-state index is 13.7. The number of piperidine rings is 1. The molecule has 3 heterocycles. The van der Waals surface area contributed by atoms with Gasteiger partial charge in [-0.05, 0) is 68.1 Å². The Bertz CT molecular complexity index is 1080. The van der Waals surface area contributed by atoms with Gasteiger partial charge in [0.2, 0.25) is 5.88 Å². The van der Waals surface area contributed by atoms with Crippen molar-refractivity contribution in [1.29, 1.82) is 0 Å². The minimum Gasteiger partial charge on any atom is -0.474 e. The van der Waals surface area contributed by atoms with Crippen LogP contribution in [0.5, 0.6) is 5.88 Å². The zero-order valence-corrected chi connectivity index (χ0v) is 18.7. The van der Waals surface area contributed by atoms with Crippen LogP contribution in [-0.4, -0.2) is 46.2 Å². The predicted molar refractivity (Wildman–Crippen MR) is 126 cm³/mol. The predicted octanol–water partition coefficient (Wildman–Crippen LogP) is 3.88. The molecule has 3 atom stereocenters. The van der Waals surface area contributed by atoms with Gasteiger partial charge in [0.05, 0.1) is 11.7 Å². The zero-order valence-electron chi connectivity index (χ0n) is 17.9. The highest BCUT2D eigenvalue weighted by Crippen LogP contribution is 2.47. The van der Waals surface area contributed by atoms with Gasteiger partial charge in [-0.3, -0.25) is 9.79 Å². The van der Waals surface area contributed by atoms with E-state index in [2.05, 4.69) is 21.5 Å². The summed E-state index contributed by atoms with van der Waals surface area (Å²) in [4.78, 5) is 28.6. The molecule has 2 aromatic heterocycles. The number of nitrogens with two attached hydrogens (primary N) is 1. The Balaban J connectivity index is 1.58. The Morgan fingerprint density at radius 1 is 1.38 bits per heavy atom. The highest BCUT2D eigenvalue weighted by atomic mass is 35.5. The topological polar surface area (TPSA) is 93.7 Å². The van der Waals surface area contributed by atoms with Crippen LogP contribution >= 0.6 is 11.6 Å². The van der Waals surface area contributed by atoms with Gasteiger partial charge in [-0.1, -0.05) is 18.2 Å². The number of carbonyl (C=O) groups is 1. The summed E-state index contributed by atoms with van der Waals surface area (Å²) in [7, 11) is 0. The van der Waals surface area contributed by atoms with Crippen LogP contribution in [0.2, 0.25) is 5.02 Å². The summed E-state index contributed by atoms with van der Waals surface area (Å²) in [5.74, 6) is 1.42. The third-order valence-corrected chi connectivity index (χ3v) is 6.18. The number of rotatable bonds is 7. The number of pyridine rings is 2. The minimum atomic E-state index is -0.138. The molecule has 2 N–H and O–H groups in total. The van der Waals surface area contributed by atoms with Gasteiger partial charge in [-0.15, -0.1) is 0 Å². The van der Waals surface area contributed by atoms with Crippen LogP contribution in [0.25, 0.3) is 5.70 Å². The lowest BCUT2D eigenvalue weighted by atomic mass is 10.0. The normalized spacial score (nSPS) is 22.2. The second kappa shape index (κ2) is 9.53. The number of ether oxygens (including phenoxy) is 1. The monoisotopic (exact) mass is 451 g/mol. The first-order valence-electron chi connectivity index (χ1n) is 10.6. The molecular formula is C24H26ClN5O2. The summed E-state index contributed by atoms with van der Waals surface area (Å²) in [6, 6.07) is 7.09. The van der Waals surface area contributed by atoms with Crippen LogP contribution in [0.15, 0.2) is 54.3 Å². The first-order chi connectivity index (χ1) is 15.5. The number of hydrogen-bond acceptors (Lipinski definition) is 6. The molecule has 2 aromatic rings. The molecule has 0 bridgehead atoms. The van der Waals surface area contributed by atoms with E-state index in [9.17, 15) is 4.79 Å². The van der Waals surface area contributed by atoms with Gasteiger partial charge in [0.15, 0.2) is 0 Å². The second-order valence-electron chi connectivity index (χ2n) is 8.16. The molecule has 0 spiro atoms. The van der Waals surface area contributed by atoms with Crippen molar-refractivity contribution in [2.24, 2.45) is 22.6 Å². The average Bonchev–Trinajstić information content (AvgIpc) is 3.56. The Labute approximate surface area is 192 Å². The van der Waals surface area contributed by atoms with Crippen molar-refractivity contribution in [2.45, 2.75) is 25.8 Å². The molecule has 32 heavy (non-hydrogen) atoms. The van der Waals surface area contributed by atoms with Gasteiger partial charge in [-0.2, -0.15) is 0 Å². The molecule has 8 heteroatoms. The standard InChI is InChI=1S/C24H26ClN5O2/c1-15-6-7-20(16(2)27-10-4-8-26)22(29-15)24(31)30-13-18-11-17(18)12-19(30)14-32-23-21(25)5-3-9-28-23/h3-10,17-19H,2,11-14,26H2,1H3/b8-4-,27-10?/t17-,18+,19+/m1/s1. The molecular weight excluding hydrogens is 426 g/mol. The smallest absolute Gasteiger partial charge is 0.273 e. The number of allylic oxidation sites excluding steroid dienone is 1. The highest BCUT2D eigenvalue weighted by molar-refractivity contribution is 6.31. The van der Waals surface area contributed by atoms with E-state index in [0.29, 0.717) is 52.8 Å². The van der Waals surface area contributed by atoms with Crippen molar-refractivity contribution in [3.8, 4) is 5.88 Å². The molecule has 1 aliphatic heterocycles. The molecule has 0 radical (unpaired) electrons. The van der Waals surface area contributed by atoms with Crippen molar-refractivity contribution in [3.05, 3.63) is 71.3 Å². The number of fused-ring (bicyclic) bond motifs is 1. The summed E-state index contributed by atoms with van der Waals surface area (Å²) in [5, 5.41) is 0.453. The number of carbonyl (C=O) groups excluding carboxylic acids is 1. The number of aromatic nitrogens is 2. The lowest BCUT2D eigenvalue weighted by Gasteiger charge is -2.35. The van der Waals surface area contributed by atoms with Gasteiger partial charge < -0.3 is 15.4 Å². The zero-order chi connectivity index (χ0) is 22.7. The molecule has 2 fully saturated rings. The summed E-state index contributed by atoms with van der Waals surface area (Å²) < 4.78 is 5.91.